The van der Waals surface area contributed by atoms with E-state index >= 15 is 0 Å². The monoisotopic (exact) mass is 447 g/mol. The van der Waals surface area contributed by atoms with Crippen LogP contribution in [0, 0.1) is 0 Å². The number of hydrogen-bond donors (Lipinski definition) is 2. The first kappa shape index (κ1) is 22.4. The van der Waals surface area contributed by atoms with E-state index in [9.17, 15) is 27.9 Å². The fourth-order valence-corrected chi connectivity index (χ4v) is 7.12. The lowest BCUT2D eigenvalue weighted by atomic mass is 9.96. The second-order valence-corrected chi connectivity index (χ2v) is 12.0. The van der Waals surface area contributed by atoms with Gasteiger partial charge >= 0.3 is 0 Å². The van der Waals surface area contributed by atoms with E-state index in [4.69, 9.17) is 0 Å². The number of carbonyl (C=O) groups excluding carboxylic acids is 3. The van der Waals surface area contributed by atoms with Crippen LogP contribution in [0.4, 0.5) is 0 Å². The van der Waals surface area contributed by atoms with E-state index in [0.717, 1.165) is 11.3 Å². The van der Waals surface area contributed by atoms with Gasteiger partial charge in [-0.2, -0.15) is 11.8 Å². The van der Waals surface area contributed by atoms with Crippen LogP contribution in [0.2, 0.25) is 0 Å². The van der Waals surface area contributed by atoms with Crippen LogP contribution in [0.15, 0.2) is 0 Å². The van der Waals surface area contributed by atoms with Gasteiger partial charge in [0.2, 0.25) is 17.7 Å². The van der Waals surface area contributed by atoms with Crippen LogP contribution < -0.4 is 5.32 Å². The molecule has 29 heavy (non-hydrogen) atoms. The van der Waals surface area contributed by atoms with Gasteiger partial charge in [-0.15, -0.1) is 0 Å². The van der Waals surface area contributed by atoms with Gasteiger partial charge in [0.05, 0.1) is 23.8 Å². The number of hydrogen-bond acceptors (Lipinski definition) is 7. The van der Waals surface area contributed by atoms with Gasteiger partial charge in [-0.1, -0.05) is 0 Å². The lowest BCUT2D eigenvalue weighted by Crippen LogP contribution is -2.62. The Balaban J connectivity index is 1.81. The smallest absolute Gasteiger partial charge is 0.245 e. The van der Waals surface area contributed by atoms with Crippen molar-refractivity contribution < 1.29 is 27.9 Å². The second-order valence-electron chi connectivity index (χ2n) is 8.36. The standard InChI is InChI=1S/C18H29N3O6S2/c1-18(2)15(21-13(23)9-14(21)29(18,26)27)16(24)19-12(6-8-28-3)17(25)20-7-4-5-11(20)10-22/h11-12,14-15,22H,4-10H2,1-3H3,(H,19,24). The van der Waals surface area contributed by atoms with Crippen LogP contribution in [0.5, 0.6) is 0 Å². The number of nitrogens with zero attached hydrogens (tertiary/aromatic N) is 2. The minimum Gasteiger partial charge on any atom is -0.394 e. The minimum absolute atomic E-state index is 0.101. The van der Waals surface area contributed by atoms with Crippen molar-refractivity contribution in [3.63, 3.8) is 0 Å². The van der Waals surface area contributed by atoms with E-state index in [0.29, 0.717) is 25.1 Å². The molecule has 0 aromatic rings. The second kappa shape index (κ2) is 8.07. The third-order valence-corrected chi connectivity index (χ3v) is 9.76. The summed E-state index contributed by atoms with van der Waals surface area (Å²) in [5.74, 6) is -0.620. The van der Waals surface area contributed by atoms with Gasteiger partial charge in [-0.3, -0.25) is 14.4 Å². The van der Waals surface area contributed by atoms with Gasteiger partial charge in [-0.25, -0.2) is 8.42 Å². The summed E-state index contributed by atoms with van der Waals surface area (Å²) in [6.07, 6.45) is 3.68. The molecule has 4 atom stereocenters. The van der Waals surface area contributed by atoms with E-state index in [1.54, 1.807) is 4.90 Å². The molecule has 2 N–H and O–H groups in total. The summed E-state index contributed by atoms with van der Waals surface area (Å²) in [4.78, 5) is 41.0. The van der Waals surface area contributed by atoms with Crippen LogP contribution in [-0.4, -0.2) is 94.5 Å². The highest BCUT2D eigenvalue weighted by atomic mass is 32.2. The summed E-state index contributed by atoms with van der Waals surface area (Å²) in [6, 6.07) is -2.24. The zero-order valence-corrected chi connectivity index (χ0v) is 18.6. The summed E-state index contributed by atoms with van der Waals surface area (Å²) in [6.45, 7) is 3.30. The summed E-state index contributed by atoms with van der Waals surface area (Å²) in [7, 11) is -3.68. The lowest BCUT2D eigenvalue weighted by Gasteiger charge is -2.37. The first-order chi connectivity index (χ1) is 13.6. The maximum absolute atomic E-state index is 13.1. The van der Waals surface area contributed by atoms with Crippen LogP contribution in [-0.2, 0) is 24.2 Å². The van der Waals surface area contributed by atoms with E-state index < -0.39 is 37.9 Å². The average Bonchev–Trinajstić information content (AvgIpc) is 3.18. The maximum atomic E-state index is 13.1. The first-order valence-electron chi connectivity index (χ1n) is 9.83. The molecule has 0 bridgehead atoms. The van der Waals surface area contributed by atoms with Gasteiger partial charge < -0.3 is 20.2 Å². The zero-order valence-electron chi connectivity index (χ0n) is 17.0. The van der Waals surface area contributed by atoms with Crippen molar-refractivity contribution in [1.29, 1.82) is 0 Å². The largest absolute Gasteiger partial charge is 0.394 e. The van der Waals surface area contributed by atoms with Gasteiger partial charge in [0.25, 0.3) is 0 Å². The molecule has 0 spiro atoms. The highest BCUT2D eigenvalue weighted by molar-refractivity contribution is 7.98. The first-order valence-corrected chi connectivity index (χ1v) is 12.8. The van der Waals surface area contributed by atoms with Gasteiger partial charge in [-0.05, 0) is 45.1 Å². The number of carbonyl (C=O) groups is 3. The number of fused-ring (bicyclic) bond motifs is 1. The van der Waals surface area contributed by atoms with Crippen molar-refractivity contribution in [2.75, 3.05) is 25.2 Å². The molecule has 0 saturated carbocycles. The Morgan fingerprint density at radius 3 is 2.66 bits per heavy atom. The SMILES string of the molecule is CSCCC(NC(=O)C1N2C(=O)CC2S(=O)(=O)C1(C)C)C(=O)N1CCCC1CO. The molecule has 9 nitrogen and oxygen atoms in total. The maximum Gasteiger partial charge on any atom is 0.245 e. The molecule has 3 fully saturated rings. The van der Waals surface area contributed by atoms with E-state index in [-0.39, 0.29) is 30.9 Å². The predicted molar refractivity (Wildman–Crippen MR) is 109 cm³/mol. The number of aliphatic hydroxyl groups is 1. The van der Waals surface area contributed by atoms with Crippen molar-refractivity contribution in [2.24, 2.45) is 0 Å². The van der Waals surface area contributed by atoms with E-state index in [1.165, 1.54) is 25.6 Å². The van der Waals surface area contributed by atoms with Crippen LogP contribution >= 0.6 is 11.8 Å². The van der Waals surface area contributed by atoms with Crippen molar-refractivity contribution in [1.82, 2.24) is 15.1 Å². The Hall–Kier alpha value is -1.33. The quantitative estimate of drug-likeness (QED) is 0.497. The number of sulfone groups is 1. The number of likely N-dealkylation sites (tertiary alicyclic amines) is 1. The number of aliphatic hydroxyl groups excluding tert-OH is 1. The Bertz CT molecular complexity index is 799. The van der Waals surface area contributed by atoms with Crippen molar-refractivity contribution in [3.05, 3.63) is 0 Å². The molecule has 3 rings (SSSR count). The normalized spacial score (nSPS) is 30.6. The van der Waals surface area contributed by atoms with E-state index in [2.05, 4.69) is 5.32 Å². The molecular weight excluding hydrogens is 418 g/mol. The van der Waals surface area contributed by atoms with Crippen LogP contribution in [0.3, 0.4) is 0 Å². The van der Waals surface area contributed by atoms with Crippen molar-refractivity contribution in [3.8, 4) is 0 Å². The number of amides is 3. The summed E-state index contributed by atoms with van der Waals surface area (Å²) in [5, 5.41) is 11.3. The van der Waals surface area contributed by atoms with Crippen molar-refractivity contribution >= 4 is 39.3 Å². The molecule has 11 heteroatoms. The Labute approximate surface area is 175 Å². The van der Waals surface area contributed by atoms with Crippen LogP contribution in [0.25, 0.3) is 0 Å². The highest BCUT2D eigenvalue weighted by Crippen LogP contribution is 2.45. The number of thioether (sulfide) groups is 1. The Morgan fingerprint density at radius 2 is 2.07 bits per heavy atom. The molecule has 0 aromatic carbocycles. The van der Waals surface area contributed by atoms with Crippen LogP contribution in [0.1, 0.15) is 39.5 Å². The third-order valence-electron chi connectivity index (χ3n) is 6.32. The van der Waals surface area contributed by atoms with Crippen molar-refractivity contribution in [2.45, 2.75) is 67.8 Å². The van der Waals surface area contributed by atoms with Gasteiger partial charge in [0.15, 0.2) is 9.84 Å². The molecule has 164 valence electrons. The molecule has 0 aromatic heterocycles. The fourth-order valence-electron chi connectivity index (χ4n) is 4.51. The molecule has 3 aliphatic rings. The Kier molecular flexibility index (Phi) is 6.22. The number of rotatable bonds is 7. The molecule has 3 aliphatic heterocycles. The molecule has 4 unspecified atom stereocenters. The lowest BCUT2D eigenvalue weighted by molar-refractivity contribution is -0.150. The molecule has 0 radical (unpaired) electrons. The highest BCUT2D eigenvalue weighted by Gasteiger charge is 2.67. The molecular formula is C18H29N3O6S2. The molecule has 0 aliphatic carbocycles. The van der Waals surface area contributed by atoms with Gasteiger partial charge in [0, 0.05) is 6.54 Å². The molecule has 3 heterocycles. The number of β-lactam (4-membered cyclic amide) rings is 1. The fraction of sp³-hybridized carbons (Fsp3) is 0.833. The summed E-state index contributed by atoms with van der Waals surface area (Å²) >= 11 is 1.54. The van der Waals surface area contributed by atoms with Gasteiger partial charge in [0.1, 0.15) is 17.5 Å². The zero-order chi connectivity index (χ0) is 21.6. The summed E-state index contributed by atoms with van der Waals surface area (Å²) in [5.41, 5.74) is 0. The summed E-state index contributed by atoms with van der Waals surface area (Å²) < 4.78 is 24.0. The third kappa shape index (κ3) is 3.54. The predicted octanol–water partition coefficient (Wildman–Crippen LogP) is -0.658. The molecule has 3 amide bonds. The van der Waals surface area contributed by atoms with E-state index in [1.807, 2.05) is 6.26 Å². The minimum atomic E-state index is -3.68. The Morgan fingerprint density at radius 1 is 1.38 bits per heavy atom. The molecule has 3 saturated heterocycles. The average molecular weight is 448 g/mol. The topological polar surface area (TPSA) is 124 Å². The number of nitrogens with one attached hydrogen (secondary N) is 1.